The van der Waals surface area contributed by atoms with Crippen molar-refractivity contribution >= 4 is 22.4 Å². The zero-order valence-corrected chi connectivity index (χ0v) is 10.1. The number of hydrogen-bond donors (Lipinski definition) is 3. The molecule has 0 saturated carbocycles. The van der Waals surface area contributed by atoms with Gasteiger partial charge in [-0.15, -0.1) is 21.5 Å². The molecule has 0 radical (unpaired) electrons. The highest BCUT2D eigenvalue weighted by Crippen LogP contribution is 2.38. The Bertz CT molecular complexity index is 566. The Morgan fingerprint density at radius 2 is 2.50 bits per heavy atom. The average molecular weight is 266 g/mol. The fourth-order valence-electron chi connectivity index (χ4n) is 1.96. The van der Waals surface area contributed by atoms with Gasteiger partial charge in [0.15, 0.2) is 11.0 Å². The van der Waals surface area contributed by atoms with E-state index in [1.807, 2.05) is 0 Å². The molecule has 0 fully saturated rings. The van der Waals surface area contributed by atoms with E-state index in [4.69, 9.17) is 5.11 Å². The number of carboxylic acid groups (broad SMARTS) is 1. The van der Waals surface area contributed by atoms with Gasteiger partial charge in [0.2, 0.25) is 0 Å². The summed E-state index contributed by atoms with van der Waals surface area (Å²) in [6.45, 7) is 0.417. The molecule has 1 aliphatic rings. The number of carboxylic acids is 1. The second kappa shape index (κ2) is 4.33. The second-order valence-electron chi connectivity index (χ2n) is 3.94. The topological polar surface area (TPSA) is 117 Å². The fourth-order valence-corrected chi connectivity index (χ4v) is 2.99. The fraction of sp³-hybridized carbons (Fsp3) is 0.444. The van der Waals surface area contributed by atoms with Crippen molar-refractivity contribution in [2.24, 2.45) is 0 Å². The largest absolute Gasteiger partial charge is 0.481 e. The molecule has 0 aliphatic heterocycles. The number of nitrogens with one attached hydrogen (secondary N) is 2. The van der Waals surface area contributed by atoms with Crippen LogP contribution in [-0.2, 0) is 17.8 Å². The molecule has 1 aliphatic carbocycles. The van der Waals surface area contributed by atoms with Crippen molar-refractivity contribution in [3.63, 3.8) is 0 Å². The zero-order chi connectivity index (χ0) is 12.5. The third kappa shape index (κ3) is 1.92. The summed E-state index contributed by atoms with van der Waals surface area (Å²) in [6.07, 6.45) is 1.43. The van der Waals surface area contributed by atoms with Gasteiger partial charge in [0, 0.05) is 4.88 Å². The van der Waals surface area contributed by atoms with Crippen LogP contribution in [0.4, 0.5) is 5.13 Å². The predicted molar refractivity (Wildman–Crippen MR) is 62.3 cm³/mol. The Balaban J connectivity index is 1.72. The molecule has 0 aromatic carbocycles. The van der Waals surface area contributed by atoms with Crippen molar-refractivity contribution in [2.75, 3.05) is 5.32 Å². The van der Waals surface area contributed by atoms with Crippen LogP contribution in [0.25, 0.3) is 0 Å². The van der Waals surface area contributed by atoms with Crippen molar-refractivity contribution in [1.82, 2.24) is 25.6 Å². The quantitative estimate of drug-likeness (QED) is 0.732. The summed E-state index contributed by atoms with van der Waals surface area (Å²) in [5, 5.41) is 26.3. The Kier molecular flexibility index (Phi) is 2.67. The summed E-state index contributed by atoms with van der Waals surface area (Å²) in [5.41, 5.74) is 0.697. The smallest absolute Gasteiger partial charge is 0.312 e. The van der Waals surface area contributed by atoms with E-state index in [1.54, 1.807) is 0 Å². The van der Waals surface area contributed by atoms with E-state index in [2.05, 4.69) is 30.9 Å². The first-order chi connectivity index (χ1) is 8.74. The van der Waals surface area contributed by atoms with E-state index in [-0.39, 0.29) is 0 Å². The molecule has 0 spiro atoms. The Hall–Kier alpha value is -2.03. The molecule has 1 unspecified atom stereocenters. The number of hydrogen-bond acceptors (Lipinski definition) is 7. The van der Waals surface area contributed by atoms with E-state index in [9.17, 15) is 4.79 Å². The lowest BCUT2D eigenvalue weighted by atomic mass is 10.1. The van der Waals surface area contributed by atoms with Crippen LogP contribution in [0.3, 0.4) is 0 Å². The predicted octanol–water partition coefficient (Wildman–Crippen LogP) is 0.383. The average Bonchev–Trinajstić information content (AvgIpc) is 3.02. The first kappa shape index (κ1) is 11.1. The van der Waals surface area contributed by atoms with Gasteiger partial charge in [0.05, 0.1) is 12.2 Å². The van der Waals surface area contributed by atoms with Gasteiger partial charge in [-0.1, -0.05) is 5.21 Å². The van der Waals surface area contributed by atoms with Crippen LogP contribution >= 0.6 is 11.3 Å². The molecule has 0 amide bonds. The third-order valence-electron chi connectivity index (χ3n) is 2.80. The van der Waals surface area contributed by atoms with E-state index in [1.165, 1.54) is 11.3 Å². The van der Waals surface area contributed by atoms with Gasteiger partial charge in [0.1, 0.15) is 5.92 Å². The first-order valence-electron chi connectivity index (χ1n) is 5.42. The maximum Gasteiger partial charge on any atom is 0.312 e. The van der Waals surface area contributed by atoms with E-state index >= 15 is 0 Å². The molecule has 18 heavy (non-hydrogen) atoms. The number of anilines is 1. The monoisotopic (exact) mass is 266 g/mol. The molecule has 94 valence electrons. The lowest BCUT2D eigenvalue weighted by Gasteiger charge is -2.01. The number of aromatic nitrogens is 5. The van der Waals surface area contributed by atoms with E-state index in [0.29, 0.717) is 29.6 Å². The highest BCUT2D eigenvalue weighted by Gasteiger charge is 2.32. The minimum atomic E-state index is -0.802. The summed E-state index contributed by atoms with van der Waals surface area (Å²) in [5.74, 6) is -0.721. The summed E-state index contributed by atoms with van der Waals surface area (Å²) in [4.78, 5) is 16.4. The Morgan fingerprint density at radius 1 is 1.61 bits per heavy atom. The van der Waals surface area contributed by atoms with E-state index < -0.39 is 11.9 Å². The normalized spacial score (nSPS) is 17.7. The molecule has 1 atom stereocenters. The number of aromatic amines is 1. The molecule has 3 rings (SSSR count). The van der Waals surface area contributed by atoms with Crippen molar-refractivity contribution < 1.29 is 9.90 Å². The van der Waals surface area contributed by atoms with Crippen LogP contribution < -0.4 is 5.32 Å². The highest BCUT2D eigenvalue weighted by molar-refractivity contribution is 7.15. The Labute approximate surface area is 105 Å². The van der Waals surface area contributed by atoms with Gasteiger partial charge < -0.3 is 10.4 Å². The van der Waals surface area contributed by atoms with Crippen LogP contribution in [-0.4, -0.2) is 36.7 Å². The van der Waals surface area contributed by atoms with E-state index in [0.717, 1.165) is 11.3 Å². The summed E-state index contributed by atoms with van der Waals surface area (Å²) in [7, 11) is 0. The third-order valence-corrected chi connectivity index (χ3v) is 3.89. The minimum absolute atomic E-state index is 0.417. The number of tetrazole rings is 1. The zero-order valence-electron chi connectivity index (χ0n) is 9.25. The number of rotatable bonds is 4. The second-order valence-corrected chi connectivity index (χ2v) is 5.02. The molecule has 2 aromatic heterocycles. The molecule has 2 heterocycles. The van der Waals surface area contributed by atoms with Gasteiger partial charge in [-0.05, 0) is 12.8 Å². The standard InChI is InChI=1S/C9H10N6O2S/c16-8(17)4-1-2-5-7(4)11-9(18-5)10-3-6-12-14-15-13-6/h4H,1-3H2,(H,10,11)(H,16,17)(H,12,13,14,15). The molecule has 2 aromatic rings. The lowest BCUT2D eigenvalue weighted by Crippen LogP contribution is -2.09. The number of carbonyl (C=O) groups is 1. The van der Waals surface area contributed by atoms with Crippen LogP contribution in [0.1, 0.15) is 28.7 Å². The summed E-state index contributed by atoms with van der Waals surface area (Å²) in [6, 6.07) is 0. The SMILES string of the molecule is O=C(O)C1CCc2sc(NCc3nn[nH]n3)nc21. The maximum absolute atomic E-state index is 11.0. The van der Waals surface area contributed by atoms with Crippen LogP contribution in [0.15, 0.2) is 0 Å². The van der Waals surface area contributed by atoms with Crippen LogP contribution in [0, 0.1) is 0 Å². The number of H-pyrrole nitrogens is 1. The molecule has 9 heteroatoms. The number of fused-ring (bicyclic) bond motifs is 1. The maximum atomic E-state index is 11.0. The molecular formula is C9H10N6O2S. The number of aliphatic carboxylic acids is 1. The van der Waals surface area contributed by atoms with Crippen LogP contribution in [0.5, 0.6) is 0 Å². The highest BCUT2D eigenvalue weighted by atomic mass is 32.1. The van der Waals surface area contributed by atoms with Crippen LogP contribution in [0.2, 0.25) is 0 Å². The van der Waals surface area contributed by atoms with Gasteiger partial charge in [-0.2, -0.15) is 5.21 Å². The molecule has 0 saturated heterocycles. The van der Waals surface area contributed by atoms with Crippen molar-refractivity contribution in [3.8, 4) is 0 Å². The van der Waals surface area contributed by atoms with Crippen molar-refractivity contribution in [3.05, 3.63) is 16.4 Å². The van der Waals surface area contributed by atoms with Crippen molar-refractivity contribution in [2.45, 2.75) is 25.3 Å². The lowest BCUT2D eigenvalue weighted by molar-refractivity contribution is -0.138. The number of aryl methyl sites for hydroxylation is 1. The summed E-state index contributed by atoms with van der Waals surface area (Å²) < 4.78 is 0. The molecular weight excluding hydrogens is 256 g/mol. The number of nitrogens with zero attached hydrogens (tertiary/aromatic N) is 4. The van der Waals surface area contributed by atoms with Gasteiger partial charge >= 0.3 is 5.97 Å². The minimum Gasteiger partial charge on any atom is -0.481 e. The molecule has 0 bridgehead atoms. The molecule has 8 nitrogen and oxygen atoms in total. The van der Waals surface area contributed by atoms with Crippen molar-refractivity contribution in [1.29, 1.82) is 0 Å². The van der Waals surface area contributed by atoms with Gasteiger partial charge in [0.25, 0.3) is 0 Å². The Morgan fingerprint density at radius 3 is 3.22 bits per heavy atom. The van der Waals surface area contributed by atoms with Gasteiger partial charge in [-0.25, -0.2) is 4.98 Å². The summed E-state index contributed by atoms with van der Waals surface area (Å²) >= 11 is 1.49. The first-order valence-corrected chi connectivity index (χ1v) is 6.24. The van der Waals surface area contributed by atoms with Gasteiger partial charge in [-0.3, -0.25) is 4.79 Å². The number of thiazole rings is 1. The molecule has 3 N–H and O–H groups in total.